The van der Waals surface area contributed by atoms with Gasteiger partial charge in [0.15, 0.2) is 0 Å². The van der Waals surface area contributed by atoms with E-state index in [-0.39, 0.29) is 5.69 Å². The van der Waals surface area contributed by atoms with Crippen LogP contribution in [0.25, 0.3) is 11.3 Å². The Kier molecular flexibility index (Phi) is 4.24. The molecule has 0 saturated carbocycles. The van der Waals surface area contributed by atoms with E-state index < -0.39 is 5.97 Å². The highest BCUT2D eigenvalue weighted by molar-refractivity contribution is 5.87. The normalized spacial score (nSPS) is 10.1. The molecular formula is C15H15N3O3. The van der Waals surface area contributed by atoms with E-state index in [1.165, 1.54) is 10.7 Å². The van der Waals surface area contributed by atoms with Crippen LogP contribution in [0.5, 0.6) is 5.75 Å². The van der Waals surface area contributed by atoms with E-state index in [4.69, 9.17) is 9.84 Å². The highest BCUT2D eigenvalue weighted by Gasteiger charge is 2.14. The summed E-state index contributed by atoms with van der Waals surface area (Å²) in [5, 5.41) is 22.4. The average Bonchev–Trinajstić information content (AvgIpc) is 2.87. The van der Waals surface area contributed by atoms with Crippen LogP contribution < -0.4 is 4.74 Å². The lowest BCUT2D eigenvalue weighted by Gasteiger charge is -2.07. The molecule has 0 atom stereocenters. The van der Waals surface area contributed by atoms with Gasteiger partial charge in [0.25, 0.3) is 0 Å². The van der Waals surface area contributed by atoms with Crippen LogP contribution in [0.2, 0.25) is 0 Å². The number of carboxylic acid groups (broad SMARTS) is 1. The summed E-state index contributed by atoms with van der Waals surface area (Å²) in [7, 11) is 1.57. The molecule has 0 amide bonds. The number of rotatable bonds is 5. The number of aryl methyl sites for hydroxylation is 1. The number of aromatic nitrogens is 2. The molecule has 6 heteroatoms. The number of hydrogen-bond acceptors (Lipinski definition) is 4. The largest absolute Gasteiger partial charge is 0.492 e. The third kappa shape index (κ3) is 3.03. The second-order valence-corrected chi connectivity index (χ2v) is 4.51. The minimum absolute atomic E-state index is 0.0924. The Morgan fingerprint density at radius 3 is 2.81 bits per heavy atom. The Labute approximate surface area is 122 Å². The van der Waals surface area contributed by atoms with Crippen molar-refractivity contribution in [3.8, 4) is 23.1 Å². The minimum Gasteiger partial charge on any atom is -0.492 e. The lowest BCUT2D eigenvalue weighted by molar-refractivity contribution is 0.0685. The summed E-state index contributed by atoms with van der Waals surface area (Å²) in [5.74, 6) is -0.517. The van der Waals surface area contributed by atoms with Gasteiger partial charge in [-0.05, 0) is 30.7 Å². The number of ether oxygens (including phenoxy) is 1. The molecule has 108 valence electrons. The average molecular weight is 285 g/mol. The topological polar surface area (TPSA) is 88.1 Å². The molecule has 2 rings (SSSR count). The SMILES string of the molecule is CCCOc1ccc(-c2cc(C(=O)O)n(C)n2)cc1C#N. The number of carboxylic acids is 1. The van der Waals surface area contributed by atoms with Crippen molar-refractivity contribution in [1.82, 2.24) is 9.78 Å². The molecule has 1 heterocycles. The van der Waals surface area contributed by atoms with Crippen molar-refractivity contribution in [2.75, 3.05) is 6.61 Å². The van der Waals surface area contributed by atoms with Crippen LogP contribution in [0.15, 0.2) is 24.3 Å². The molecule has 0 radical (unpaired) electrons. The van der Waals surface area contributed by atoms with E-state index in [2.05, 4.69) is 11.2 Å². The first-order valence-electron chi connectivity index (χ1n) is 6.51. The molecule has 0 aliphatic heterocycles. The van der Waals surface area contributed by atoms with E-state index in [1.807, 2.05) is 6.92 Å². The molecule has 1 aromatic heterocycles. The molecule has 2 aromatic rings. The van der Waals surface area contributed by atoms with Crippen LogP contribution in [0.3, 0.4) is 0 Å². The van der Waals surface area contributed by atoms with Crippen LogP contribution in [0, 0.1) is 11.3 Å². The second kappa shape index (κ2) is 6.09. The zero-order chi connectivity index (χ0) is 15.4. The van der Waals surface area contributed by atoms with Gasteiger partial charge in [0.05, 0.1) is 17.9 Å². The van der Waals surface area contributed by atoms with Gasteiger partial charge in [-0.1, -0.05) is 6.92 Å². The van der Waals surface area contributed by atoms with E-state index in [0.29, 0.717) is 29.2 Å². The summed E-state index contributed by atoms with van der Waals surface area (Å²) in [6.45, 7) is 2.53. The van der Waals surface area contributed by atoms with Gasteiger partial charge in [-0.2, -0.15) is 10.4 Å². The van der Waals surface area contributed by atoms with E-state index >= 15 is 0 Å². The Morgan fingerprint density at radius 1 is 1.48 bits per heavy atom. The van der Waals surface area contributed by atoms with Crippen LogP contribution in [-0.2, 0) is 7.05 Å². The Morgan fingerprint density at radius 2 is 2.24 bits per heavy atom. The molecule has 0 unspecified atom stereocenters. The number of hydrogen-bond donors (Lipinski definition) is 1. The van der Waals surface area contributed by atoms with Gasteiger partial charge in [0.2, 0.25) is 0 Å². The fourth-order valence-corrected chi connectivity index (χ4v) is 1.92. The number of carbonyl (C=O) groups is 1. The quantitative estimate of drug-likeness (QED) is 0.911. The summed E-state index contributed by atoms with van der Waals surface area (Å²) in [4.78, 5) is 11.0. The number of benzene rings is 1. The van der Waals surface area contributed by atoms with Crippen molar-refractivity contribution in [3.05, 3.63) is 35.5 Å². The second-order valence-electron chi connectivity index (χ2n) is 4.51. The zero-order valence-corrected chi connectivity index (χ0v) is 11.8. The molecule has 0 aliphatic rings. The van der Waals surface area contributed by atoms with Crippen LogP contribution in [0.1, 0.15) is 29.4 Å². The Bertz CT molecular complexity index is 713. The molecule has 1 aromatic carbocycles. The van der Waals surface area contributed by atoms with Crippen molar-refractivity contribution >= 4 is 5.97 Å². The van der Waals surface area contributed by atoms with Crippen molar-refractivity contribution in [2.24, 2.45) is 7.05 Å². The first-order chi connectivity index (χ1) is 10.1. The third-order valence-corrected chi connectivity index (χ3v) is 2.96. The van der Waals surface area contributed by atoms with Gasteiger partial charge < -0.3 is 9.84 Å². The maximum Gasteiger partial charge on any atom is 0.354 e. The highest BCUT2D eigenvalue weighted by Crippen LogP contribution is 2.26. The first kappa shape index (κ1) is 14.6. The molecule has 0 fully saturated rings. The summed E-state index contributed by atoms with van der Waals surface area (Å²) in [6, 6.07) is 8.68. The lowest BCUT2D eigenvalue weighted by atomic mass is 10.1. The standard InChI is InChI=1S/C15H15N3O3/c1-3-6-21-14-5-4-10(7-11(14)9-16)12-8-13(15(19)20)18(2)17-12/h4-5,7-8H,3,6H2,1-2H3,(H,19,20). The van der Waals surface area contributed by atoms with Crippen molar-refractivity contribution in [3.63, 3.8) is 0 Å². The van der Waals surface area contributed by atoms with Gasteiger partial charge in [-0.3, -0.25) is 4.68 Å². The number of nitriles is 1. The molecule has 0 spiro atoms. The molecule has 0 bridgehead atoms. The van der Waals surface area contributed by atoms with Gasteiger partial charge >= 0.3 is 5.97 Å². The summed E-state index contributed by atoms with van der Waals surface area (Å²) in [5.41, 5.74) is 1.69. The fraction of sp³-hybridized carbons (Fsp3) is 0.267. The number of aromatic carboxylic acids is 1. The smallest absolute Gasteiger partial charge is 0.354 e. The predicted octanol–water partition coefficient (Wildman–Crippen LogP) is 2.45. The number of nitrogens with zero attached hydrogens (tertiary/aromatic N) is 3. The van der Waals surface area contributed by atoms with Crippen molar-refractivity contribution in [2.45, 2.75) is 13.3 Å². The fourth-order valence-electron chi connectivity index (χ4n) is 1.92. The first-order valence-corrected chi connectivity index (χ1v) is 6.51. The van der Waals surface area contributed by atoms with Crippen LogP contribution in [-0.4, -0.2) is 27.5 Å². The van der Waals surface area contributed by atoms with Gasteiger partial charge in [0.1, 0.15) is 17.5 Å². The third-order valence-electron chi connectivity index (χ3n) is 2.96. The van der Waals surface area contributed by atoms with Crippen molar-refractivity contribution in [1.29, 1.82) is 5.26 Å². The van der Waals surface area contributed by atoms with E-state index in [9.17, 15) is 10.1 Å². The van der Waals surface area contributed by atoms with Crippen LogP contribution >= 0.6 is 0 Å². The molecule has 0 saturated heterocycles. The van der Waals surface area contributed by atoms with E-state index in [0.717, 1.165) is 6.42 Å². The Balaban J connectivity index is 2.39. The Hall–Kier alpha value is -2.81. The minimum atomic E-state index is -1.04. The summed E-state index contributed by atoms with van der Waals surface area (Å²) in [6.07, 6.45) is 0.856. The predicted molar refractivity (Wildman–Crippen MR) is 76.1 cm³/mol. The lowest BCUT2D eigenvalue weighted by Crippen LogP contribution is -2.04. The molecular weight excluding hydrogens is 270 g/mol. The van der Waals surface area contributed by atoms with Gasteiger partial charge in [0, 0.05) is 12.6 Å². The molecule has 21 heavy (non-hydrogen) atoms. The molecule has 0 aliphatic carbocycles. The van der Waals surface area contributed by atoms with Crippen LogP contribution in [0.4, 0.5) is 0 Å². The molecule has 6 nitrogen and oxygen atoms in total. The van der Waals surface area contributed by atoms with E-state index in [1.54, 1.807) is 25.2 Å². The monoisotopic (exact) mass is 285 g/mol. The molecule has 1 N–H and O–H groups in total. The maximum atomic E-state index is 11.0. The van der Waals surface area contributed by atoms with Gasteiger partial charge in [-0.15, -0.1) is 0 Å². The maximum absolute atomic E-state index is 11.0. The van der Waals surface area contributed by atoms with Gasteiger partial charge in [-0.25, -0.2) is 4.79 Å². The highest BCUT2D eigenvalue weighted by atomic mass is 16.5. The summed E-state index contributed by atoms with van der Waals surface area (Å²) < 4.78 is 6.79. The zero-order valence-electron chi connectivity index (χ0n) is 11.8. The summed E-state index contributed by atoms with van der Waals surface area (Å²) >= 11 is 0. The van der Waals surface area contributed by atoms with Crippen molar-refractivity contribution < 1.29 is 14.6 Å².